The highest BCUT2D eigenvalue weighted by atomic mass is 16.5. The predicted molar refractivity (Wildman–Crippen MR) is 63.6 cm³/mol. The monoisotopic (exact) mass is 206 g/mol. The molecule has 0 bridgehead atoms. The fourth-order valence-corrected chi connectivity index (χ4v) is 2.09. The minimum atomic E-state index is 0.429. The van der Waals surface area contributed by atoms with E-state index in [1.807, 2.05) is 0 Å². The van der Waals surface area contributed by atoms with Crippen LogP contribution in [0.15, 0.2) is 24.3 Å². The lowest BCUT2D eigenvalue weighted by molar-refractivity contribution is 0.181. The number of hydrogen-bond donors (Lipinski definition) is 1. The van der Waals surface area contributed by atoms with Crippen molar-refractivity contribution in [3.8, 4) is 0 Å². The van der Waals surface area contributed by atoms with Gasteiger partial charge in [0.25, 0.3) is 0 Å². The fourth-order valence-electron chi connectivity index (χ4n) is 2.09. The Morgan fingerprint density at radius 1 is 1.47 bits per heavy atom. The van der Waals surface area contributed by atoms with Crippen LogP contribution in [0.5, 0.6) is 0 Å². The van der Waals surface area contributed by atoms with E-state index in [-0.39, 0.29) is 0 Å². The van der Waals surface area contributed by atoms with Crippen molar-refractivity contribution >= 4 is 11.4 Å². The highest BCUT2D eigenvalue weighted by Gasteiger charge is 2.20. The molecule has 1 heterocycles. The van der Waals surface area contributed by atoms with Crippen molar-refractivity contribution in [2.24, 2.45) is 0 Å². The van der Waals surface area contributed by atoms with Gasteiger partial charge in [-0.15, -0.1) is 0 Å². The zero-order chi connectivity index (χ0) is 10.7. The van der Waals surface area contributed by atoms with Crippen LogP contribution < -0.4 is 10.2 Å². The van der Waals surface area contributed by atoms with E-state index < -0.39 is 0 Å². The molecule has 0 aliphatic carbocycles. The molecule has 1 unspecified atom stereocenters. The Hall–Kier alpha value is -1.22. The molecule has 0 amide bonds. The molecule has 0 saturated heterocycles. The number of nitrogens with one attached hydrogen (secondary N) is 1. The van der Waals surface area contributed by atoms with E-state index in [2.05, 4.69) is 41.4 Å². The maximum Gasteiger partial charge on any atom is 0.0663 e. The van der Waals surface area contributed by atoms with Crippen LogP contribution in [0.4, 0.5) is 11.4 Å². The van der Waals surface area contributed by atoms with E-state index in [0.29, 0.717) is 6.04 Å². The molecule has 0 radical (unpaired) electrons. The molecule has 1 aromatic rings. The van der Waals surface area contributed by atoms with E-state index in [0.717, 1.165) is 19.7 Å². The van der Waals surface area contributed by atoms with Gasteiger partial charge in [0.1, 0.15) is 0 Å². The van der Waals surface area contributed by atoms with Crippen LogP contribution in [0, 0.1) is 0 Å². The third kappa shape index (κ3) is 2.07. The van der Waals surface area contributed by atoms with Crippen molar-refractivity contribution in [1.29, 1.82) is 0 Å². The number of ether oxygens (including phenoxy) is 1. The Morgan fingerprint density at radius 2 is 2.27 bits per heavy atom. The quantitative estimate of drug-likeness (QED) is 0.818. The van der Waals surface area contributed by atoms with Crippen molar-refractivity contribution in [2.75, 3.05) is 37.0 Å². The summed E-state index contributed by atoms with van der Waals surface area (Å²) in [5.41, 5.74) is 2.51. The number of hydrogen-bond acceptors (Lipinski definition) is 3. The minimum Gasteiger partial charge on any atom is -0.383 e. The van der Waals surface area contributed by atoms with Gasteiger partial charge in [-0.25, -0.2) is 0 Å². The third-order valence-corrected chi connectivity index (χ3v) is 2.82. The predicted octanol–water partition coefficient (Wildman–Crippen LogP) is 1.95. The van der Waals surface area contributed by atoms with E-state index in [4.69, 9.17) is 4.74 Å². The Bertz CT molecular complexity index is 327. The molecule has 1 N–H and O–H groups in total. The van der Waals surface area contributed by atoms with E-state index in [1.165, 1.54) is 11.4 Å². The normalized spacial score (nSPS) is 16.8. The highest BCUT2D eigenvalue weighted by molar-refractivity contribution is 5.72. The summed E-state index contributed by atoms with van der Waals surface area (Å²) in [5.74, 6) is 0. The van der Waals surface area contributed by atoms with Crippen molar-refractivity contribution in [3.05, 3.63) is 24.3 Å². The van der Waals surface area contributed by atoms with Crippen LogP contribution in [0.25, 0.3) is 0 Å². The minimum absolute atomic E-state index is 0.429. The van der Waals surface area contributed by atoms with Gasteiger partial charge in [-0.05, 0) is 19.1 Å². The average molecular weight is 206 g/mol. The van der Waals surface area contributed by atoms with Crippen molar-refractivity contribution in [2.45, 2.75) is 13.0 Å². The maximum absolute atomic E-state index is 5.21. The lowest BCUT2D eigenvalue weighted by atomic mass is 10.1. The van der Waals surface area contributed by atoms with Crippen LogP contribution in [-0.4, -0.2) is 32.8 Å². The van der Waals surface area contributed by atoms with E-state index >= 15 is 0 Å². The van der Waals surface area contributed by atoms with Gasteiger partial charge in [0.05, 0.1) is 18.0 Å². The van der Waals surface area contributed by atoms with Crippen LogP contribution in [0.3, 0.4) is 0 Å². The van der Waals surface area contributed by atoms with Gasteiger partial charge in [-0.2, -0.15) is 0 Å². The molecular formula is C12H18N2O. The third-order valence-electron chi connectivity index (χ3n) is 2.82. The molecule has 15 heavy (non-hydrogen) atoms. The summed E-state index contributed by atoms with van der Waals surface area (Å²) in [6, 6.07) is 8.86. The van der Waals surface area contributed by atoms with Crippen molar-refractivity contribution in [1.82, 2.24) is 0 Å². The summed E-state index contributed by atoms with van der Waals surface area (Å²) in [4.78, 5) is 2.40. The number of para-hydroxylation sites is 2. The first-order valence-electron chi connectivity index (χ1n) is 5.41. The average Bonchev–Trinajstić information content (AvgIpc) is 2.28. The van der Waals surface area contributed by atoms with Crippen molar-refractivity contribution < 1.29 is 4.74 Å². The second kappa shape index (κ2) is 4.53. The number of anilines is 2. The second-order valence-corrected chi connectivity index (χ2v) is 3.94. The van der Waals surface area contributed by atoms with Gasteiger partial charge < -0.3 is 15.0 Å². The highest BCUT2D eigenvalue weighted by Crippen LogP contribution is 2.29. The number of methoxy groups -OCH3 is 1. The summed E-state index contributed by atoms with van der Waals surface area (Å²) < 4.78 is 5.21. The standard InChI is InChI=1S/C12H18N2O/c1-10(9-15-2)14-8-7-13-11-5-3-4-6-12(11)14/h3-6,10,13H,7-9H2,1-2H3. The molecule has 0 saturated carbocycles. The number of benzene rings is 1. The van der Waals surface area contributed by atoms with Gasteiger partial charge >= 0.3 is 0 Å². The van der Waals surface area contributed by atoms with Crippen LogP contribution in [0.1, 0.15) is 6.92 Å². The number of nitrogens with zero attached hydrogens (tertiary/aromatic N) is 1. The van der Waals surface area contributed by atoms with Crippen LogP contribution in [0.2, 0.25) is 0 Å². The Morgan fingerprint density at radius 3 is 3.07 bits per heavy atom. The molecule has 1 aliphatic rings. The van der Waals surface area contributed by atoms with Crippen LogP contribution >= 0.6 is 0 Å². The van der Waals surface area contributed by atoms with Gasteiger partial charge in [-0.1, -0.05) is 12.1 Å². The molecule has 2 rings (SSSR count). The number of fused-ring (bicyclic) bond motifs is 1. The van der Waals surface area contributed by atoms with E-state index in [1.54, 1.807) is 7.11 Å². The Balaban J connectivity index is 2.21. The molecule has 1 atom stereocenters. The first-order chi connectivity index (χ1) is 7.33. The lowest BCUT2D eigenvalue weighted by Gasteiger charge is -2.36. The molecule has 0 spiro atoms. The van der Waals surface area contributed by atoms with E-state index in [9.17, 15) is 0 Å². The molecule has 0 aromatic heterocycles. The molecule has 82 valence electrons. The topological polar surface area (TPSA) is 24.5 Å². The van der Waals surface area contributed by atoms with Gasteiger partial charge in [0.2, 0.25) is 0 Å². The summed E-state index contributed by atoms with van der Waals surface area (Å²) in [6.07, 6.45) is 0. The van der Waals surface area contributed by atoms with Crippen LogP contribution in [-0.2, 0) is 4.74 Å². The Labute approximate surface area is 91.0 Å². The maximum atomic E-state index is 5.21. The smallest absolute Gasteiger partial charge is 0.0663 e. The van der Waals surface area contributed by atoms with Gasteiger partial charge in [0, 0.05) is 26.2 Å². The Kier molecular flexibility index (Phi) is 3.11. The molecule has 0 fully saturated rings. The van der Waals surface area contributed by atoms with Gasteiger partial charge in [-0.3, -0.25) is 0 Å². The van der Waals surface area contributed by atoms with Gasteiger partial charge in [0.15, 0.2) is 0 Å². The molecule has 3 heteroatoms. The zero-order valence-electron chi connectivity index (χ0n) is 9.36. The first kappa shape index (κ1) is 10.3. The second-order valence-electron chi connectivity index (χ2n) is 3.94. The summed E-state index contributed by atoms with van der Waals surface area (Å²) >= 11 is 0. The lowest BCUT2D eigenvalue weighted by Crippen LogP contribution is -2.42. The largest absolute Gasteiger partial charge is 0.383 e. The van der Waals surface area contributed by atoms with Crippen molar-refractivity contribution in [3.63, 3.8) is 0 Å². The SMILES string of the molecule is COCC(C)N1CCNc2ccccc21. The molecule has 1 aromatic carbocycles. The first-order valence-corrected chi connectivity index (χ1v) is 5.41. The molecule has 3 nitrogen and oxygen atoms in total. The zero-order valence-corrected chi connectivity index (χ0v) is 9.36. The summed E-state index contributed by atoms with van der Waals surface area (Å²) in [6.45, 7) is 5.02. The number of rotatable bonds is 3. The fraction of sp³-hybridized carbons (Fsp3) is 0.500. The molecular weight excluding hydrogens is 188 g/mol. The summed E-state index contributed by atoms with van der Waals surface area (Å²) in [7, 11) is 1.75. The summed E-state index contributed by atoms with van der Waals surface area (Å²) in [5, 5.41) is 3.41. The molecule has 1 aliphatic heterocycles.